The van der Waals surface area contributed by atoms with Crippen LogP contribution in [0.5, 0.6) is 0 Å². The summed E-state index contributed by atoms with van der Waals surface area (Å²) >= 11 is 3.62. The fraction of sp³-hybridized carbons (Fsp3) is 0.167. The van der Waals surface area contributed by atoms with Gasteiger partial charge in [0.05, 0.1) is 5.52 Å². The van der Waals surface area contributed by atoms with Crippen LogP contribution < -0.4 is 5.32 Å². The molecule has 0 fully saturated rings. The number of halogens is 1. The van der Waals surface area contributed by atoms with Gasteiger partial charge < -0.3 is 5.32 Å². The Morgan fingerprint density at radius 1 is 1.10 bits per heavy atom. The molecule has 0 saturated carbocycles. The number of para-hydroxylation sites is 1. The Hall–Kier alpha value is -1.71. The van der Waals surface area contributed by atoms with Crippen molar-refractivity contribution < 1.29 is 0 Å². The number of hydrogen-bond acceptors (Lipinski definition) is 2. The molecule has 1 heterocycles. The van der Waals surface area contributed by atoms with Crippen LogP contribution in [0.15, 0.2) is 65.3 Å². The summed E-state index contributed by atoms with van der Waals surface area (Å²) in [6, 6.07) is 19.1. The lowest BCUT2D eigenvalue weighted by Crippen LogP contribution is -2.19. The van der Waals surface area contributed by atoms with Gasteiger partial charge in [0, 0.05) is 22.1 Å². The Morgan fingerprint density at radius 3 is 2.67 bits per heavy atom. The first kappa shape index (κ1) is 14.2. The van der Waals surface area contributed by atoms with Crippen LogP contribution in [0.25, 0.3) is 10.9 Å². The van der Waals surface area contributed by atoms with Gasteiger partial charge >= 0.3 is 0 Å². The average Bonchev–Trinajstić information content (AvgIpc) is 2.54. The molecule has 0 radical (unpaired) electrons. The summed E-state index contributed by atoms with van der Waals surface area (Å²) in [4.78, 5) is 4.56. The van der Waals surface area contributed by atoms with Crippen LogP contribution in [-0.2, 0) is 6.42 Å². The molecular formula is C18H17BrN2. The van der Waals surface area contributed by atoms with Crippen molar-refractivity contribution in [3.8, 4) is 0 Å². The molecule has 3 aromatic rings. The number of rotatable bonds is 4. The standard InChI is InChI=1S/C18H17BrN2/c1-20-18(11-13-6-2-4-8-16(13)19)15-10-14-7-3-5-9-17(14)21-12-15/h2-10,12,18,20H,11H2,1H3. The van der Waals surface area contributed by atoms with Crippen molar-refractivity contribution in [3.05, 3.63) is 76.4 Å². The van der Waals surface area contributed by atoms with Crippen molar-refractivity contribution >= 4 is 26.8 Å². The molecule has 106 valence electrons. The molecule has 0 saturated heterocycles. The molecule has 0 aliphatic carbocycles. The fourth-order valence-electron chi connectivity index (χ4n) is 2.55. The number of likely N-dealkylation sites (N-methyl/N-ethyl adjacent to an activating group) is 1. The van der Waals surface area contributed by atoms with Gasteiger partial charge in [-0.25, -0.2) is 0 Å². The third-order valence-electron chi connectivity index (χ3n) is 3.74. The molecule has 0 aliphatic heterocycles. The fourth-order valence-corrected chi connectivity index (χ4v) is 3.00. The minimum Gasteiger partial charge on any atom is -0.313 e. The number of fused-ring (bicyclic) bond motifs is 1. The maximum Gasteiger partial charge on any atom is 0.0702 e. The minimum absolute atomic E-state index is 0.251. The van der Waals surface area contributed by atoms with E-state index in [9.17, 15) is 0 Å². The predicted octanol–water partition coefficient (Wildman–Crippen LogP) is 4.50. The Bertz CT molecular complexity index is 755. The van der Waals surface area contributed by atoms with E-state index in [4.69, 9.17) is 0 Å². The summed E-state index contributed by atoms with van der Waals surface area (Å²) in [5.41, 5.74) is 3.55. The van der Waals surface area contributed by atoms with E-state index >= 15 is 0 Å². The smallest absolute Gasteiger partial charge is 0.0702 e. The number of hydrogen-bond donors (Lipinski definition) is 1. The Kier molecular flexibility index (Phi) is 4.32. The zero-order chi connectivity index (χ0) is 14.7. The van der Waals surface area contributed by atoms with Crippen LogP contribution in [0, 0.1) is 0 Å². The van der Waals surface area contributed by atoms with E-state index in [0.717, 1.165) is 16.4 Å². The Balaban J connectivity index is 1.93. The summed E-state index contributed by atoms with van der Waals surface area (Å²) in [5.74, 6) is 0. The monoisotopic (exact) mass is 340 g/mol. The molecule has 3 rings (SSSR count). The maximum atomic E-state index is 4.56. The van der Waals surface area contributed by atoms with E-state index in [1.165, 1.54) is 16.5 Å². The van der Waals surface area contributed by atoms with Gasteiger partial charge in [-0.3, -0.25) is 4.98 Å². The van der Waals surface area contributed by atoms with Crippen LogP contribution in [0.2, 0.25) is 0 Å². The van der Waals surface area contributed by atoms with E-state index in [1.54, 1.807) is 0 Å². The molecule has 1 N–H and O–H groups in total. The predicted molar refractivity (Wildman–Crippen MR) is 91.4 cm³/mol. The van der Waals surface area contributed by atoms with Gasteiger partial charge in [0.1, 0.15) is 0 Å². The first-order valence-electron chi connectivity index (χ1n) is 7.03. The van der Waals surface area contributed by atoms with Crippen molar-refractivity contribution in [1.82, 2.24) is 10.3 Å². The van der Waals surface area contributed by atoms with Crippen LogP contribution >= 0.6 is 15.9 Å². The van der Waals surface area contributed by atoms with Crippen molar-refractivity contribution in [2.24, 2.45) is 0 Å². The number of pyridine rings is 1. The summed E-state index contributed by atoms with van der Waals surface area (Å²) in [5, 5.41) is 4.58. The van der Waals surface area contributed by atoms with Crippen LogP contribution in [0.1, 0.15) is 17.2 Å². The summed E-state index contributed by atoms with van der Waals surface area (Å²) in [7, 11) is 2.00. The van der Waals surface area contributed by atoms with Crippen molar-refractivity contribution in [1.29, 1.82) is 0 Å². The summed E-state index contributed by atoms with van der Waals surface area (Å²) in [6.07, 6.45) is 2.90. The zero-order valence-corrected chi connectivity index (χ0v) is 13.5. The van der Waals surface area contributed by atoms with Crippen molar-refractivity contribution in [2.45, 2.75) is 12.5 Å². The van der Waals surface area contributed by atoms with Crippen LogP contribution in [0.4, 0.5) is 0 Å². The number of nitrogens with zero attached hydrogens (tertiary/aromatic N) is 1. The van der Waals surface area contributed by atoms with Gasteiger partial charge in [-0.2, -0.15) is 0 Å². The summed E-state index contributed by atoms with van der Waals surface area (Å²) in [6.45, 7) is 0. The summed E-state index contributed by atoms with van der Waals surface area (Å²) < 4.78 is 1.15. The van der Waals surface area contributed by atoms with Gasteiger partial charge in [-0.15, -0.1) is 0 Å². The van der Waals surface area contributed by atoms with E-state index in [0.29, 0.717) is 0 Å². The molecule has 0 aliphatic rings. The quantitative estimate of drug-likeness (QED) is 0.756. The molecule has 21 heavy (non-hydrogen) atoms. The first-order valence-corrected chi connectivity index (χ1v) is 7.82. The molecular weight excluding hydrogens is 324 g/mol. The number of nitrogens with one attached hydrogen (secondary N) is 1. The molecule has 2 nitrogen and oxygen atoms in total. The average molecular weight is 341 g/mol. The lowest BCUT2D eigenvalue weighted by Gasteiger charge is -2.17. The third-order valence-corrected chi connectivity index (χ3v) is 4.52. The van der Waals surface area contributed by atoms with Crippen molar-refractivity contribution in [3.63, 3.8) is 0 Å². The lowest BCUT2D eigenvalue weighted by molar-refractivity contribution is 0.590. The highest BCUT2D eigenvalue weighted by Crippen LogP contribution is 2.25. The second kappa shape index (κ2) is 6.37. The third kappa shape index (κ3) is 3.14. The van der Waals surface area contributed by atoms with Gasteiger partial charge in [-0.1, -0.05) is 52.3 Å². The molecule has 1 atom stereocenters. The lowest BCUT2D eigenvalue weighted by atomic mass is 9.99. The molecule has 1 unspecified atom stereocenters. The number of benzene rings is 2. The van der Waals surface area contributed by atoms with Gasteiger partial charge in [0.2, 0.25) is 0 Å². The SMILES string of the molecule is CNC(Cc1ccccc1Br)c1cnc2ccccc2c1. The topological polar surface area (TPSA) is 24.9 Å². The van der Waals surface area contributed by atoms with Crippen LogP contribution in [0.3, 0.4) is 0 Å². The first-order chi connectivity index (χ1) is 10.3. The van der Waals surface area contributed by atoms with E-state index in [1.807, 2.05) is 31.4 Å². The normalized spacial score (nSPS) is 12.5. The van der Waals surface area contributed by atoms with Crippen LogP contribution in [-0.4, -0.2) is 12.0 Å². The molecule has 1 aromatic heterocycles. The highest BCUT2D eigenvalue weighted by molar-refractivity contribution is 9.10. The van der Waals surface area contributed by atoms with E-state index in [-0.39, 0.29) is 6.04 Å². The van der Waals surface area contributed by atoms with Gasteiger partial charge in [0.15, 0.2) is 0 Å². The Labute approximate surface area is 133 Å². The molecule has 0 spiro atoms. The van der Waals surface area contributed by atoms with Gasteiger partial charge in [-0.05, 0) is 42.8 Å². The zero-order valence-electron chi connectivity index (χ0n) is 11.9. The maximum absolute atomic E-state index is 4.56. The van der Waals surface area contributed by atoms with Gasteiger partial charge in [0.25, 0.3) is 0 Å². The molecule has 3 heteroatoms. The van der Waals surface area contributed by atoms with E-state index < -0.39 is 0 Å². The molecule has 2 aromatic carbocycles. The minimum atomic E-state index is 0.251. The van der Waals surface area contributed by atoms with Crippen molar-refractivity contribution in [2.75, 3.05) is 7.05 Å². The second-order valence-electron chi connectivity index (χ2n) is 5.10. The number of aromatic nitrogens is 1. The van der Waals surface area contributed by atoms with E-state index in [2.05, 4.69) is 62.6 Å². The Morgan fingerprint density at radius 2 is 1.86 bits per heavy atom. The second-order valence-corrected chi connectivity index (χ2v) is 5.95. The highest BCUT2D eigenvalue weighted by atomic mass is 79.9. The largest absolute Gasteiger partial charge is 0.313 e. The highest BCUT2D eigenvalue weighted by Gasteiger charge is 2.12. The molecule has 0 amide bonds. The molecule has 0 bridgehead atoms.